The number of carboxylic acid groups (broad SMARTS) is 1. The van der Waals surface area contributed by atoms with Crippen molar-refractivity contribution in [3.63, 3.8) is 0 Å². The van der Waals surface area contributed by atoms with Crippen LogP contribution in [0.1, 0.15) is 22.1 Å². The Labute approximate surface area is 114 Å². The first-order valence-electron chi connectivity index (χ1n) is 5.79. The van der Waals surface area contributed by atoms with Crippen LogP contribution in [0, 0.1) is 5.95 Å². The lowest BCUT2D eigenvalue weighted by molar-refractivity contribution is -0.139. The molecule has 0 spiro atoms. The van der Waals surface area contributed by atoms with Crippen LogP contribution in [0.2, 0.25) is 0 Å². The van der Waals surface area contributed by atoms with Gasteiger partial charge in [-0.1, -0.05) is 36.4 Å². The molecule has 20 heavy (non-hydrogen) atoms. The molecule has 2 rings (SSSR count). The van der Waals surface area contributed by atoms with E-state index in [1.165, 1.54) is 12.1 Å². The van der Waals surface area contributed by atoms with Crippen molar-refractivity contribution in [1.82, 2.24) is 10.3 Å². The Hall–Kier alpha value is -2.76. The van der Waals surface area contributed by atoms with E-state index in [9.17, 15) is 14.0 Å². The highest BCUT2D eigenvalue weighted by Gasteiger charge is 2.23. The molecule has 1 amide bonds. The number of aromatic nitrogens is 1. The number of benzene rings is 1. The number of rotatable bonds is 4. The smallest absolute Gasteiger partial charge is 0.330 e. The van der Waals surface area contributed by atoms with Gasteiger partial charge in [0.1, 0.15) is 5.69 Å². The molecule has 1 aromatic carbocycles. The fraction of sp³-hybridized carbons (Fsp3) is 0.0714. The van der Waals surface area contributed by atoms with Crippen LogP contribution in [0.4, 0.5) is 4.39 Å². The van der Waals surface area contributed by atoms with Crippen molar-refractivity contribution < 1.29 is 19.1 Å². The van der Waals surface area contributed by atoms with Gasteiger partial charge in [0.15, 0.2) is 6.04 Å². The summed E-state index contributed by atoms with van der Waals surface area (Å²) in [5, 5.41) is 11.5. The lowest BCUT2D eigenvalue weighted by Crippen LogP contribution is -2.34. The van der Waals surface area contributed by atoms with E-state index in [1.54, 1.807) is 30.3 Å². The molecule has 0 aliphatic carbocycles. The number of carbonyl (C=O) groups is 2. The van der Waals surface area contributed by atoms with Gasteiger partial charge in [-0.3, -0.25) is 4.79 Å². The molecule has 5 nitrogen and oxygen atoms in total. The zero-order valence-corrected chi connectivity index (χ0v) is 10.3. The van der Waals surface area contributed by atoms with Gasteiger partial charge in [-0.05, 0) is 17.7 Å². The van der Waals surface area contributed by atoms with Crippen molar-refractivity contribution >= 4 is 11.9 Å². The molecule has 2 N–H and O–H groups in total. The number of hydrogen-bond donors (Lipinski definition) is 2. The molecule has 0 saturated carbocycles. The van der Waals surface area contributed by atoms with E-state index in [0.717, 1.165) is 6.07 Å². The first-order valence-corrected chi connectivity index (χ1v) is 5.79. The summed E-state index contributed by atoms with van der Waals surface area (Å²) in [6.45, 7) is 0. The van der Waals surface area contributed by atoms with Gasteiger partial charge in [0.05, 0.1) is 0 Å². The van der Waals surface area contributed by atoms with Crippen LogP contribution < -0.4 is 5.32 Å². The van der Waals surface area contributed by atoms with Crippen LogP contribution in [0.5, 0.6) is 0 Å². The molecule has 0 aliphatic heterocycles. The molecule has 0 saturated heterocycles. The van der Waals surface area contributed by atoms with Gasteiger partial charge in [0.2, 0.25) is 5.95 Å². The molecule has 0 aliphatic rings. The lowest BCUT2D eigenvalue weighted by Gasteiger charge is -2.14. The highest BCUT2D eigenvalue weighted by molar-refractivity contribution is 5.95. The molecule has 0 fully saturated rings. The second-order valence-corrected chi connectivity index (χ2v) is 4.00. The standard InChI is InChI=1S/C14H11FN2O3/c15-11-8-4-7-10(16-11)13(18)17-12(14(19)20)9-5-2-1-3-6-9/h1-8,12H,(H,17,18)(H,19,20). The van der Waals surface area contributed by atoms with Crippen molar-refractivity contribution in [1.29, 1.82) is 0 Å². The van der Waals surface area contributed by atoms with Crippen LogP contribution in [-0.2, 0) is 4.79 Å². The number of halogens is 1. The average Bonchev–Trinajstić information content (AvgIpc) is 2.45. The third kappa shape index (κ3) is 3.17. The Bertz CT molecular complexity index is 631. The summed E-state index contributed by atoms with van der Waals surface area (Å²) in [5.41, 5.74) is 0.247. The van der Waals surface area contributed by atoms with E-state index in [2.05, 4.69) is 10.3 Å². The molecule has 0 radical (unpaired) electrons. The summed E-state index contributed by atoms with van der Waals surface area (Å²) < 4.78 is 12.9. The Morgan fingerprint density at radius 1 is 1.10 bits per heavy atom. The average molecular weight is 274 g/mol. The second kappa shape index (κ2) is 5.92. The summed E-state index contributed by atoms with van der Waals surface area (Å²) in [4.78, 5) is 26.5. The van der Waals surface area contributed by atoms with E-state index < -0.39 is 23.9 Å². The minimum atomic E-state index is -1.21. The summed E-state index contributed by atoms with van der Waals surface area (Å²) >= 11 is 0. The van der Waals surface area contributed by atoms with Crippen molar-refractivity contribution in [2.75, 3.05) is 0 Å². The second-order valence-electron chi connectivity index (χ2n) is 4.00. The zero-order valence-electron chi connectivity index (χ0n) is 10.3. The van der Waals surface area contributed by atoms with E-state index in [1.807, 2.05) is 0 Å². The highest BCUT2D eigenvalue weighted by Crippen LogP contribution is 2.13. The molecular formula is C14H11FN2O3. The first-order chi connectivity index (χ1) is 9.58. The monoisotopic (exact) mass is 274 g/mol. The van der Waals surface area contributed by atoms with Gasteiger partial charge in [-0.2, -0.15) is 4.39 Å². The van der Waals surface area contributed by atoms with Crippen LogP contribution in [-0.4, -0.2) is 22.0 Å². The summed E-state index contributed by atoms with van der Waals surface area (Å²) in [5.74, 6) is -2.76. The molecule has 1 unspecified atom stereocenters. The minimum Gasteiger partial charge on any atom is -0.479 e. The van der Waals surface area contributed by atoms with Crippen LogP contribution >= 0.6 is 0 Å². The van der Waals surface area contributed by atoms with Gasteiger partial charge < -0.3 is 10.4 Å². The molecule has 1 aromatic heterocycles. The maximum Gasteiger partial charge on any atom is 0.330 e. The Kier molecular flexibility index (Phi) is 4.05. The van der Waals surface area contributed by atoms with Crippen molar-refractivity contribution in [2.45, 2.75) is 6.04 Å². The van der Waals surface area contributed by atoms with Gasteiger partial charge in [-0.15, -0.1) is 0 Å². The predicted molar refractivity (Wildman–Crippen MR) is 68.5 cm³/mol. The van der Waals surface area contributed by atoms with Gasteiger partial charge in [0.25, 0.3) is 5.91 Å². The number of hydrogen-bond acceptors (Lipinski definition) is 3. The fourth-order valence-corrected chi connectivity index (χ4v) is 1.67. The largest absolute Gasteiger partial charge is 0.479 e. The maximum absolute atomic E-state index is 12.9. The number of pyridine rings is 1. The normalized spacial score (nSPS) is 11.7. The Morgan fingerprint density at radius 2 is 1.80 bits per heavy atom. The SMILES string of the molecule is O=C(NC(C(=O)O)c1ccccc1)c1cccc(F)n1. The maximum atomic E-state index is 12.9. The van der Waals surface area contributed by atoms with Gasteiger partial charge in [-0.25, -0.2) is 9.78 Å². The molecule has 6 heteroatoms. The summed E-state index contributed by atoms with van der Waals surface area (Å²) in [6.07, 6.45) is 0. The number of carbonyl (C=O) groups excluding carboxylic acids is 1. The van der Waals surface area contributed by atoms with Crippen molar-refractivity contribution in [3.8, 4) is 0 Å². The lowest BCUT2D eigenvalue weighted by atomic mass is 10.1. The zero-order chi connectivity index (χ0) is 14.5. The third-order valence-corrected chi connectivity index (χ3v) is 2.60. The first kappa shape index (κ1) is 13.7. The van der Waals surface area contributed by atoms with Crippen LogP contribution in [0.15, 0.2) is 48.5 Å². The topological polar surface area (TPSA) is 79.3 Å². The highest BCUT2D eigenvalue weighted by atomic mass is 19.1. The summed E-state index contributed by atoms with van der Waals surface area (Å²) in [6, 6.07) is 10.7. The van der Waals surface area contributed by atoms with Crippen LogP contribution in [0.25, 0.3) is 0 Å². The van der Waals surface area contributed by atoms with E-state index in [-0.39, 0.29) is 5.69 Å². The Morgan fingerprint density at radius 3 is 2.40 bits per heavy atom. The van der Waals surface area contributed by atoms with E-state index in [4.69, 9.17) is 5.11 Å². The number of aliphatic carboxylic acids is 1. The number of nitrogens with one attached hydrogen (secondary N) is 1. The number of amides is 1. The van der Waals surface area contributed by atoms with Gasteiger partial charge >= 0.3 is 5.97 Å². The molecule has 1 atom stereocenters. The third-order valence-electron chi connectivity index (χ3n) is 2.60. The van der Waals surface area contributed by atoms with Gasteiger partial charge in [0, 0.05) is 0 Å². The molecule has 0 bridgehead atoms. The fourth-order valence-electron chi connectivity index (χ4n) is 1.67. The molecule has 2 aromatic rings. The van der Waals surface area contributed by atoms with Crippen molar-refractivity contribution in [2.24, 2.45) is 0 Å². The quantitative estimate of drug-likeness (QED) is 0.833. The molecular weight excluding hydrogens is 263 g/mol. The molecule has 1 heterocycles. The predicted octanol–water partition coefficient (Wildman–Crippen LogP) is 1.78. The summed E-state index contributed by atoms with van der Waals surface area (Å²) in [7, 11) is 0. The number of carboxylic acids is 1. The molecule has 102 valence electrons. The minimum absolute atomic E-state index is 0.174. The van der Waals surface area contributed by atoms with Crippen LogP contribution in [0.3, 0.4) is 0 Å². The van der Waals surface area contributed by atoms with Crippen molar-refractivity contribution in [3.05, 3.63) is 65.7 Å². The number of nitrogens with zero attached hydrogens (tertiary/aromatic N) is 1. The Balaban J connectivity index is 2.21. The van der Waals surface area contributed by atoms with E-state index >= 15 is 0 Å². The van der Waals surface area contributed by atoms with E-state index in [0.29, 0.717) is 5.56 Å².